The number of carbonyl (C=O) groups excluding carboxylic acids is 1. The molecule has 0 aromatic carbocycles. The average Bonchev–Trinajstić information content (AvgIpc) is 1.87. The van der Waals surface area contributed by atoms with Gasteiger partial charge in [-0.1, -0.05) is 0 Å². The summed E-state index contributed by atoms with van der Waals surface area (Å²) in [5.41, 5.74) is 5.21. The maximum absolute atomic E-state index is 10.8. The lowest BCUT2D eigenvalue weighted by atomic mass is 9.81. The normalized spacial score (nSPS) is 15.4. The summed E-state index contributed by atoms with van der Waals surface area (Å²) in [5.74, 6) is -1.08. The number of nitrogens with two attached hydrogens (primary N) is 1. The Kier molecular flexibility index (Phi) is 4.10. The van der Waals surface area contributed by atoms with Crippen molar-refractivity contribution in [1.82, 2.24) is 5.32 Å². The SMILES string of the molecule is CC(NC(=O)[C@H](C)N)B(O)O. The van der Waals surface area contributed by atoms with E-state index in [4.69, 9.17) is 15.8 Å². The standard InChI is InChI=1S/C5H13BN2O3/c1-3(7)5(9)8-4(2)6(10)11/h3-4,10-11H,7H2,1-2H3,(H,8,9)/t3-,4?/m0/s1. The average molecular weight is 160 g/mol. The lowest BCUT2D eigenvalue weighted by Crippen LogP contribution is -2.49. The summed E-state index contributed by atoms with van der Waals surface area (Å²) in [6, 6.07) is -0.629. The molecule has 5 nitrogen and oxygen atoms in total. The van der Waals surface area contributed by atoms with E-state index >= 15 is 0 Å². The van der Waals surface area contributed by atoms with E-state index in [1.807, 2.05) is 0 Å². The number of hydrogen-bond acceptors (Lipinski definition) is 4. The van der Waals surface area contributed by atoms with E-state index in [1.165, 1.54) is 13.8 Å². The highest BCUT2D eigenvalue weighted by molar-refractivity contribution is 6.43. The van der Waals surface area contributed by atoms with Crippen molar-refractivity contribution < 1.29 is 14.8 Å². The highest BCUT2D eigenvalue weighted by Crippen LogP contribution is 1.84. The van der Waals surface area contributed by atoms with Gasteiger partial charge in [0.25, 0.3) is 0 Å². The second kappa shape index (κ2) is 4.33. The monoisotopic (exact) mass is 160 g/mol. The van der Waals surface area contributed by atoms with Gasteiger partial charge in [-0.2, -0.15) is 0 Å². The molecular weight excluding hydrogens is 147 g/mol. The van der Waals surface area contributed by atoms with Gasteiger partial charge in [-0.15, -0.1) is 0 Å². The molecule has 5 N–H and O–H groups in total. The highest BCUT2D eigenvalue weighted by atomic mass is 16.4. The topological polar surface area (TPSA) is 95.6 Å². The predicted molar refractivity (Wildman–Crippen MR) is 41.4 cm³/mol. The van der Waals surface area contributed by atoms with Crippen LogP contribution in [0.3, 0.4) is 0 Å². The molecule has 0 heterocycles. The van der Waals surface area contributed by atoms with Crippen LogP contribution in [0.2, 0.25) is 0 Å². The minimum Gasteiger partial charge on any atom is -0.426 e. The van der Waals surface area contributed by atoms with E-state index in [9.17, 15) is 4.79 Å². The predicted octanol–water partition coefficient (Wildman–Crippen LogP) is -2.15. The fourth-order valence-electron chi connectivity index (χ4n) is 0.430. The van der Waals surface area contributed by atoms with Crippen LogP contribution in [0.1, 0.15) is 13.8 Å². The molecule has 0 fully saturated rings. The number of rotatable bonds is 3. The van der Waals surface area contributed by atoms with Gasteiger partial charge in [0, 0.05) is 0 Å². The zero-order valence-electron chi connectivity index (χ0n) is 6.61. The van der Waals surface area contributed by atoms with Crippen LogP contribution < -0.4 is 11.1 Å². The first-order valence-electron chi connectivity index (χ1n) is 3.37. The highest BCUT2D eigenvalue weighted by Gasteiger charge is 2.20. The van der Waals surface area contributed by atoms with Gasteiger partial charge in [-0.05, 0) is 13.8 Å². The van der Waals surface area contributed by atoms with Crippen molar-refractivity contribution in [1.29, 1.82) is 0 Å². The van der Waals surface area contributed by atoms with Crippen LogP contribution in [-0.2, 0) is 4.79 Å². The molecule has 6 heteroatoms. The van der Waals surface area contributed by atoms with Crippen LogP contribution in [0, 0.1) is 0 Å². The molecule has 0 rings (SSSR count). The second-order valence-electron chi connectivity index (χ2n) is 2.50. The molecule has 2 atom stereocenters. The third-order valence-corrected chi connectivity index (χ3v) is 1.23. The Morgan fingerprint density at radius 1 is 1.55 bits per heavy atom. The molecule has 1 amide bonds. The summed E-state index contributed by atoms with van der Waals surface area (Å²) >= 11 is 0. The maximum atomic E-state index is 10.8. The van der Waals surface area contributed by atoms with Gasteiger partial charge in [0.1, 0.15) is 0 Å². The van der Waals surface area contributed by atoms with Gasteiger partial charge in [0.2, 0.25) is 5.91 Å². The van der Waals surface area contributed by atoms with Crippen LogP contribution in [0.5, 0.6) is 0 Å². The van der Waals surface area contributed by atoms with Crippen molar-refractivity contribution in [2.45, 2.75) is 25.8 Å². The molecule has 0 saturated heterocycles. The van der Waals surface area contributed by atoms with E-state index in [2.05, 4.69) is 5.32 Å². The van der Waals surface area contributed by atoms with Gasteiger partial charge < -0.3 is 21.1 Å². The lowest BCUT2D eigenvalue weighted by molar-refractivity contribution is -0.122. The molecule has 0 radical (unpaired) electrons. The molecule has 64 valence electrons. The van der Waals surface area contributed by atoms with Gasteiger partial charge in [-0.25, -0.2) is 0 Å². The first-order chi connectivity index (χ1) is 4.95. The molecular formula is C5H13BN2O3. The number of carbonyl (C=O) groups is 1. The van der Waals surface area contributed by atoms with E-state index < -0.39 is 25.0 Å². The van der Waals surface area contributed by atoms with Crippen molar-refractivity contribution in [3.63, 3.8) is 0 Å². The fraction of sp³-hybridized carbons (Fsp3) is 0.800. The van der Waals surface area contributed by atoms with Crippen LogP contribution in [-0.4, -0.2) is 35.1 Å². The largest absolute Gasteiger partial charge is 0.475 e. The van der Waals surface area contributed by atoms with E-state index in [-0.39, 0.29) is 0 Å². The molecule has 0 aliphatic rings. The van der Waals surface area contributed by atoms with Crippen molar-refractivity contribution >= 4 is 13.0 Å². The van der Waals surface area contributed by atoms with Crippen LogP contribution >= 0.6 is 0 Å². The minimum atomic E-state index is -1.54. The van der Waals surface area contributed by atoms with Gasteiger partial charge in [0.15, 0.2) is 0 Å². The molecule has 0 aliphatic carbocycles. The van der Waals surface area contributed by atoms with Crippen molar-refractivity contribution in [3.05, 3.63) is 0 Å². The molecule has 11 heavy (non-hydrogen) atoms. The van der Waals surface area contributed by atoms with Crippen molar-refractivity contribution in [3.8, 4) is 0 Å². The Morgan fingerprint density at radius 2 is 2.00 bits per heavy atom. The van der Waals surface area contributed by atoms with Gasteiger partial charge in [0.05, 0.1) is 12.0 Å². The van der Waals surface area contributed by atoms with Crippen molar-refractivity contribution in [2.24, 2.45) is 5.73 Å². The van der Waals surface area contributed by atoms with Crippen LogP contribution in [0.15, 0.2) is 0 Å². The maximum Gasteiger partial charge on any atom is 0.475 e. The summed E-state index contributed by atoms with van der Waals surface area (Å²) in [6.45, 7) is 3.00. The lowest BCUT2D eigenvalue weighted by Gasteiger charge is -2.13. The molecule has 0 bridgehead atoms. The van der Waals surface area contributed by atoms with E-state index in [1.54, 1.807) is 0 Å². The summed E-state index contributed by atoms with van der Waals surface area (Å²) < 4.78 is 0. The second-order valence-corrected chi connectivity index (χ2v) is 2.50. The molecule has 0 spiro atoms. The Hall–Kier alpha value is -0.585. The molecule has 0 aromatic heterocycles. The zero-order chi connectivity index (χ0) is 9.02. The smallest absolute Gasteiger partial charge is 0.426 e. The fourth-order valence-corrected chi connectivity index (χ4v) is 0.430. The van der Waals surface area contributed by atoms with Crippen molar-refractivity contribution in [2.75, 3.05) is 0 Å². The van der Waals surface area contributed by atoms with Gasteiger partial charge in [-0.3, -0.25) is 4.79 Å². The van der Waals surface area contributed by atoms with Crippen LogP contribution in [0.25, 0.3) is 0 Å². The molecule has 0 aromatic rings. The minimum absolute atomic E-state index is 0.398. The van der Waals surface area contributed by atoms with Crippen LogP contribution in [0.4, 0.5) is 0 Å². The van der Waals surface area contributed by atoms with E-state index in [0.717, 1.165) is 0 Å². The Bertz CT molecular complexity index is 140. The summed E-state index contributed by atoms with van der Waals surface area (Å²) in [5, 5.41) is 19.4. The Morgan fingerprint density at radius 3 is 2.27 bits per heavy atom. The molecule has 0 aliphatic heterocycles. The Balaban J connectivity index is 3.76. The first-order valence-corrected chi connectivity index (χ1v) is 3.37. The zero-order valence-corrected chi connectivity index (χ0v) is 6.61. The molecule has 1 unspecified atom stereocenters. The van der Waals surface area contributed by atoms with E-state index in [0.29, 0.717) is 0 Å². The quantitative estimate of drug-likeness (QED) is 0.354. The first kappa shape index (κ1) is 10.4. The summed E-state index contributed by atoms with van der Waals surface area (Å²) in [4.78, 5) is 10.8. The number of nitrogens with one attached hydrogen (secondary N) is 1. The number of amides is 1. The third-order valence-electron chi connectivity index (χ3n) is 1.23. The number of hydrogen-bond donors (Lipinski definition) is 4. The summed E-state index contributed by atoms with van der Waals surface area (Å²) in [7, 11) is -1.54. The Labute approximate surface area is 65.7 Å². The summed E-state index contributed by atoms with van der Waals surface area (Å²) in [6.07, 6.45) is 0. The van der Waals surface area contributed by atoms with Gasteiger partial charge >= 0.3 is 7.12 Å². The third kappa shape index (κ3) is 3.97. The molecule has 0 saturated carbocycles.